The van der Waals surface area contributed by atoms with Crippen molar-refractivity contribution in [3.63, 3.8) is 0 Å². The van der Waals surface area contributed by atoms with Crippen molar-refractivity contribution < 1.29 is 28.2 Å². The SMILES string of the molecule is O=C(O)CCN[C@@H]1CCc2c1cc1nc(-c3cccc(-c4ccc5c(c4)OCCO5)c3Cl)oc1c2F. The van der Waals surface area contributed by atoms with Gasteiger partial charge in [-0.2, -0.15) is 0 Å². The quantitative estimate of drug-likeness (QED) is 0.341. The van der Waals surface area contributed by atoms with E-state index in [9.17, 15) is 4.79 Å². The Hall–Kier alpha value is -3.62. The van der Waals surface area contributed by atoms with Crippen LogP contribution in [0.15, 0.2) is 46.9 Å². The number of oxazole rings is 1. The van der Waals surface area contributed by atoms with Crippen molar-refractivity contribution in [3.8, 4) is 34.1 Å². The van der Waals surface area contributed by atoms with Crippen molar-refractivity contribution in [2.24, 2.45) is 0 Å². The molecule has 184 valence electrons. The lowest BCUT2D eigenvalue weighted by Crippen LogP contribution is -2.22. The minimum absolute atomic E-state index is 0.00285. The Kier molecular flexibility index (Phi) is 5.78. The van der Waals surface area contributed by atoms with Crippen LogP contribution < -0.4 is 14.8 Å². The largest absolute Gasteiger partial charge is 0.486 e. The van der Waals surface area contributed by atoms with E-state index < -0.39 is 11.8 Å². The topological polar surface area (TPSA) is 93.8 Å². The van der Waals surface area contributed by atoms with Crippen LogP contribution in [-0.2, 0) is 11.2 Å². The van der Waals surface area contributed by atoms with Crippen LogP contribution >= 0.6 is 11.6 Å². The first-order valence-electron chi connectivity index (χ1n) is 11.8. The van der Waals surface area contributed by atoms with Gasteiger partial charge in [0, 0.05) is 18.2 Å². The molecule has 1 aromatic heterocycles. The van der Waals surface area contributed by atoms with Crippen molar-refractivity contribution in [2.45, 2.75) is 25.3 Å². The van der Waals surface area contributed by atoms with Crippen LogP contribution in [0.3, 0.4) is 0 Å². The first kappa shape index (κ1) is 22.8. The second-order valence-corrected chi connectivity index (χ2v) is 9.22. The lowest BCUT2D eigenvalue weighted by Gasteiger charge is -2.19. The van der Waals surface area contributed by atoms with E-state index in [2.05, 4.69) is 10.3 Å². The maximum Gasteiger partial charge on any atom is 0.304 e. The predicted molar refractivity (Wildman–Crippen MR) is 132 cm³/mol. The number of fused-ring (bicyclic) bond motifs is 3. The maximum absolute atomic E-state index is 15.4. The van der Waals surface area contributed by atoms with Crippen molar-refractivity contribution in [1.29, 1.82) is 0 Å². The van der Waals surface area contributed by atoms with Crippen LogP contribution in [0.4, 0.5) is 4.39 Å². The number of nitrogens with one attached hydrogen (secondary N) is 1. The normalized spacial score (nSPS) is 16.3. The lowest BCUT2D eigenvalue weighted by atomic mass is 10.0. The van der Waals surface area contributed by atoms with E-state index in [1.807, 2.05) is 36.4 Å². The van der Waals surface area contributed by atoms with Gasteiger partial charge in [-0.25, -0.2) is 9.37 Å². The van der Waals surface area contributed by atoms with Gasteiger partial charge in [0.25, 0.3) is 0 Å². The molecule has 2 heterocycles. The van der Waals surface area contributed by atoms with E-state index in [-0.39, 0.29) is 23.9 Å². The Morgan fingerprint density at radius 1 is 1.14 bits per heavy atom. The van der Waals surface area contributed by atoms with Crippen molar-refractivity contribution >= 4 is 28.7 Å². The van der Waals surface area contributed by atoms with Crippen LogP contribution in [0.5, 0.6) is 11.5 Å². The zero-order chi connectivity index (χ0) is 24.8. The number of hydrogen-bond acceptors (Lipinski definition) is 6. The first-order valence-corrected chi connectivity index (χ1v) is 12.1. The van der Waals surface area contributed by atoms with Crippen molar-refractivity contribution in [1.82, 2.24) is 10.3 Å². The molecule has 3 aromatic carbocycles. The number of ether oxygens (including phenoxy) is 2. The number of carbonyl (C=O) groups is 1. The molecule has 0 saturated carbocycles. The summed E-state index contributed by atoms with van der Waals surface area (Å²) in [6.45, 7) is 1.31. The van der Waals surface area contributed by atoms with E-state index in [0.29, 0.717) is 65.8 Å². The van der Waals surface area contributed by atoms with Gasteiger partial charge < -0.3 is 24.3 Å². The zero-order valence-corrected chi connectivity index (χ0v) is 19.9. The maximum atomic E-state index is 15.4. The van der Waals surface area contributed by atoms with E-state index in [1.54, 1.807) is 6.07 Å². The fraction of sp³-hybridized carbons (Fsp3) is 0.259. The molecule has 0 radical (unpaired) electrons. The molecule has 0 amide bonds. The number of carboxylic acids is 1. The average molecular weight is 509 g/mol. The smallest absolute Gasteiger partial charge is 0.304 e. The van der Waals surface area contributed by atoms with Crippen LogP contribution in [0.2, 0.25) is 5.02 Å². The fourth-order valence-electron chi connectivity index (χ4n) is 4.91. The molecule has 0 unspecified atom stereocenters. The van der Waals surface area contributed by atoms with Crippen LogP contribution in [-0.4, -0.2) is 35.8 Å². The van der Waals surface area contributed by atoms with Gasteiger partial charge in [-0.3, -0.25) is 4.79 Å². The van der Waals surface area contributed by atoms with E-state index in [1.165, 1.54) is 0 Å². The molecular weight excluding hydrogens is 487 g/mol. The molecule has 4 aromatic rings. The number of carboxylic acid groups (broad SMARTS) is 1. The third kappa shape index (κ3) is 3.96. The minimum Gasteiger partial charge on any atom is -0.486 e. The summed E-state index contributed by atoms with van der Waals surface area (Å²) in [5, 5.41) is 12.5. The second-order valence-electron chi connectivity index (χ2n) is 8.84. The molecule has 2 N–H and O–H groups in total. The predicted octanol–water partition coefficient (Wildman–Crippen LogP) is 5.78. The molecule has 1 aliphatic carbocycles. The number of benzene rings is 3. The summed E-state index contributed by atoms with van der Waals surface area (Å²) in [6, 6.07) is 12.9. The number of rotatable bonds is 6. The van der Waals surface area contributed by atoms with E-state index in [4.69, 9.17) is 30.6 Å². The van der Waals surface area contributed by atoms with E-state index in [0.717, 1.165) is 16.7 Å². The third-order valence-electron chi connectivity index (χ3n) is 6.63. The molecule has 0 fully saturated rings. The molecule has 0 bridgehead atoms. The highest BCUT2D eigenvalue weighted by Gasteiger charge is 2.29. The molecule has 36 heavy (non-hydrogen) atoms. The molecule has 7 nitrogen and oxygen atoms in total. The summed E-state index contributed by atoms with van der Waals surface area (Å²) in [5.74, 6) is 0.273. The molecule has 1 atom stereocenters. The molecule has 9 heteroatoms. The number of aliphatic carboxylic acids is 1. The second kappa shape index (κ2) is 9.11. The summed E-state index contributed by atoms with van der Waals surface area (Å²) >= 11 is 6.81. The summed E-state index contributed by atoms with van der Waals surface area (Å²) in [7, 11) is 0. The van der Waals surface area contributed by atoms with Crippen LogP contribution in [0.1, 0.15) is 30.0 Å². The number of nitrogens with zero attached hydrogens (tertiary/aromatic N) is 1. The standard InChI is InChI=1S/C27H22ClFN2O5/c28-24-15(14-4-7-21-22(12-14)35-11-10-34-21)2-1-3-17(24)27-31-20-13-18-16(25(29)26(20)36-27)5-6-19(18)30-9-8-23(32)33/h1-4,7,12-13,19,30H,5-6,8-11H2,(H,32,33)/t19-/m1/s1. The molecule has 0 spiro atoms. The van der Waals surface area contributed by atoms with E-state index >= 15 is 4.39 Å². The summed E-state index contributed by atoms with van der Waals surface area (Å²) in [6.07, 6.45) is 1.23. The number of hydrogen-bond donors (Lipinski definition) is 2. The fourth-order valence-corrected chi connectivity index (χ4v) is 5.22. The van der Waals surface area contributed by atoms with Gasteiger partial charge >= 0.3 is 5.97 Å². The Bertz CT molecular complexity index is 1500. The van der Waals surface area contributed by atoms with Gasteiger partial charge in [0.2, 0.25) is 5.89 Å². The Morgan fingerprint density at radius 2 is 1.94 bits per heavy atom. The van der Waals surface area contributed by atoms with Gasteiger partial charge in [0.15, 0.2) is 22.9 Å². The van der Waals surface area contributed by atoms with Gasteiger partial charge in [0.05, 0.1) is 17.0 Å². The number of aromatic nitrogens is 1. The zero-order valence-electron chi connectivity index (χ0n) is 19.1. The van der Waals surface area contributed by atoms with Crippen LogP contribution in [0, 0.1) is 5.82 Å². The molecule has 1 aliphatic heterocycles. The highest BCUT2D eigenvalue weighted by atomic mass is 35.5. The van der Waals surface area contributed by atoms with Gasteiger partial charge in [-0.1, -0.05) is 29.8 Å². The molecule has 2 aliphatic rings. The summed E-state index contributed by atoms with van der Waals surface area (Å²) in [4.78, 5) is 15.4. The first-order chi connectivity index (χ1) is 17.5. The Morgan fingerprint density at radius 3 is 2.78 bits per heavy atom. The third-order valence-corrected chi connectivity index (χ3v) is 7.04. The molecule has 0 saturated heterocycles. The monoisotopic (exact) mass is 508 g/mol. The molecular formula is C27H22ClFN2O5. The summed E-state index contributed by atoms with van der Waals surface area (Å²) < 4.78 is 32.6. The van der Waals surface area contributed by atoms with Crippen molar-refractivity contribution in [2.75, 3.05) is 19.8 Å². The number of halogens is 2. The molecule has 6 rings (SSSR count). The average Bonchev–Trinajstić information content (AvgIpc) is 3.49. The minimum atomic E-state index is -0.876. The van der Waals surface area contributed by atoms with Gasteiger partial charge in [0.1, 0.15) is 18.7 Å². The van der Waals surface area contributed by atoms with Gasteiger partial charge in [-0.05, 0) is 53.8 Å². The highest BCUT2D eigenvalue weighted by molar-refractivity contribution is 6.36. The lowest BCUT2D eigenvalue weighted by molar-refractivity contribution is -0.136. The van der Waals surface area contributed by atoms with Crippen LogP contribution in [0.25, 0.3) is 33.7 Å². The van der Waals surface area contributed by atoms with Crippen molar-refractivity contribution in [3.05, 3.63) is 64.4 Å². The Labute approximate surface area is 210 Å². The summed E-state index contributed by atoms with van der Waals surface area (Å²) in [5.41, 5.74) is 4.03. The Balaban J connectivity index is 1.36. The highest BCUT2D eigenvalue weighted by Crippen LogP contribution is 2.42. The van der Waals surface area contributed by atoms with Gasteiger partial charge in [-0.15, -0.1) is 0 Å².